The van der Waals surface area contributed by atoms with Crippen LogP contribution in [0.15, 0.2) is 47.7 Å². The molecular weight excluding hydrogens is 461 g/mol. The summed E-state index contributed by atoms with van der Waals surface area (Å²) in [5, 5.41) is 7.91. The van der Waals surface area contributed by atoms with E-state index in [-0.39, 0.29) is 29.4 Å². The highest BCUT2D eigenvalue weighted by atomic mass is 127. The summed E-state index contributed by atoms with van der Waals surface area (Å²) in [6.07, 6.45) is 7.48. The van der Waals surface area contributed by atoms with Gasteiger partial charge in [-0.15, -0.1) is 24.0 Å². The topological polar surface area (TPSA) is 45.5 Å². The van der Waals surface area contributed by atoms with Gasteiger partial charge in [-0.05, 0) is 41.7 Å². The van der Waals surface area contributed by atoms with Gasteiger partial charge >= 0.3 is 0 Å². The number of benzene rings is 1. The second-order valence-corrected chi connectivity index (χ2v) is 8.55. The Balaban J connectivity index is 0.00000280. The van der Waals surface area contributed by atoms with Crippen LogP contribution in [0.25, 0.3) is 0 Å². The normalized spacial score (nSPS) is 17.5. The molecule has 0 radical (unpaired) electrons. The maximum atomic E-state index is 4.54. The number of hydrogen-bond acceptors (Lipinski definition) is 2. The summed E-state index contributed by atoms with van der Waals surface area (Å²) >= 11 is 0. The summed E-state index contributed by atoms with van der Waals surface area (Å²) in [6.45, 7) is 7.68. The molecule has 1 aliphatic heterocycles. The molecule has 1 aliphatic rings. The van der Waals surface area contributed by atoms with E-state index in [4.69, 9.17) is 0 Å². The Labute approximate surface area is 186 Å². The van der Waals surface area contributed by atoms with Crippen molar-refractivity contribution in [2.24, 2.45) is 23.4 Å². The van der Waals surface area contributed by atoms with E-state index in [1.807, 2.05) is 25.0 Å². The fourth-order valence-corrected chi connectivity index (χ4v) is 3.96. The number of hydrogen-bond donors (Lipinski definition) is 1. The molecule has 0 amide bonds. The highest BCUT2D eigenvalue weighted by Crippen LogP contribution is 2.23. The van der Waals surface area contributed by atoms with Crippen molar-refractivity contribution in [1.29, 1.82) is 0 Å². The van der Waals surface area contributed by atoms with Gasteiger partial charge in [0.1, 0.15) is 0 Å². The Morgan fingerprint density at radius 2 is 2.00 bits per heavy atom. The van der Waals surface area contributed by atoms with Crippen LogP contribution in [0.4, 0.5) is 0 Å². The summed E-state index contributed by atoms with van der Waals surface area (Å²) in [6, 6.07) is 10.7. The molecule has 1 unspecified atom stereocenters. The van der Waals surface area contributed by atoms with Crippen LogP contribution in [0, 0.1) is 11.3 Å². The monoisotopic (exact) mass is 495 g/mol. The smallest absolute Gasteiger partial charge is 0.193 e. The molecule has 3 rings (SSSR count). The molecule has 0 bridgehead atoms. The lowest BCUT2D eigenvalue weighted by Gasteiger charge is -2.29. The minimum absolute atomic E-state index is 0. The van der Waals surface area contributed by atoms with E-state index < -0.39 is 0 Å². The number of nitrogens with zero attached hydrogens (tertiary/aromatic N) is 4. The lowest BCUT2D eigenvalue weighted by atomic mass is 9.86. The van der Waals surface area contributed by atoms with Gasteiger partial charge in [0.15, 0.2) is 5.96 Å². The standard InChI is InChI=1S/C22H33N5.HI/c1-22(2,13-18-8-6-5-7-9-18)17-24-21(23-3)27-11-10-19(16-27)12-20-14-25-26(4)15-20;/h5-9,14-15,19H,10-13,16-17H2,1-4H3,(H,23,24);1H. The van der Waals surface area contributed by atoms with Crippen molar-refractivity contribution in [2.75, 3.05) is 26.7 Å². The molecule has 2 heterocycles. The Kier molecular flexibility index (Phi) is 8.34. The highest BCUT2D eigenvalue weighted by molar-refractivity contribution is 14.0. The summed E-state index contributed by atoms with van der Waals surface area (Å²) in [5.41, 5.74) is 2.89. The predicted octanol–water partition coefficient (Wildman–Crippen LogP) is 3.75. The van der Waals surface area contributed by atoms with Gasteiger partial charge in [-0.2, -0.15) is 5.10 Å². The number of aliphatic imine (C=N–C) groups is 1. The number of guanidine groups is 1. The van der Waals surface area contributed by atoms with Gasteiger partial charge in [0.2, 0.25) is 0 Å². The van der Waals surface area contributed by atoms with Crippen molar-refractivity contribution in [3.05, 3.63) is 53.9 Å². The maximum absolute atomic E-state index is 4.54. The Morgan fingerprint density at radius 1 is 1.25 bits per heavy atom. The SMILES string of the molecule is CN=C(NCC(C)(C)Cc1ccccc1)N1CCC(Cc2cnn(C)c2)C1.I. The van der Waals surface area contributed by atoms with Crippen LogP contribution in [-0.4, -0.2) is 47.3 Å². The third kappa shape index (κ3) is 6.50. The summed E-state index contributed by atoms with van der Waals surface area (Å²) in [4.78, 5) is 6.94. The lowest BCUT2D eigenvalue weighted by Crippen LogP contribution is -2.44. The molecule has 6 heteroatoms. The summed E-state index contributed by atoms with van der Waals surface area (Å²) in [7, 11) is 3.87. The fourth-order valence-electron chi connectivity index (χ4n) is 3.96. The largest absolute Gasteiger partial charge is 0.356 e. The lowest BCUT2D eigenvalue weighted by molar-refractivity contribution is 0.349. The molecule has 28 heavy (non-hydrogen) atoms. The fraction of sp³-hybridized carbons (Fsp3) is 0.545. The maximum Gasteiger partial charge on any atom is 0.193 e. The van der Waals surface area contributed by atoms with Crippen LogP contribution in [0.2, 0.25) is 0 Å². The van der Waals surface area contributed by atoms with E-state index in [0.717, 1.165) is 38.4 Å². The molecule has 1 N–H and O–H groups in total. The Hall–Kier alpha value is -1.57. The Bertz CT molecular complexity index is 753. The Morgan fingerprint density at radius 3 is 2.64 bits per heavy atom. The zero-order chi connectivity index (χ0) is 19.3. The van der Waals surface area contributed by atoms with Crippen LogP contribution in [0.5, 0.6) is 0 Å². The number of rotatable bonds is 6. The van der Waals surface area contributed by atoms with Crippen LogP contribution < -0.4 is 5.32 Å². The van der Waals surface area contributed by atoms with E-state index in [0.29, 0.717) is 5.92 Å². The van der Waals surface area contributed by atoms with Gasteiger partial charge in [0.05, 0.1) is 6.20 Å². The second-order valence-electron chi connectivity index (χ2n) is 8.55. The first kappa shape index (κ1) is 22.7. The van der Waals surface area contributed by atoms with E-state index >= 15 is 0 Å². The van der Waals surface area contributed by atoms with E-state index in [1.54, 1.807) is 0 Å². The minimum Gasteiger partial charge on any atom is -0.356 e. The van der Waals surface area contributed by atoms with Crippen molar-refractivity contribution < 1.29 is 0 Å². The molecule has 1 aromatic heterocycles. The molecule has 1 atom stereocenters. The zero-order valence-corrected chi connectivity index (χ0v) is 19.9. The van der Waals surface area contributed by atoms with E-state index in [9.17, 15) is 0 Å². The van der Waals surface area contributed by atoms with Gasteiger partial charge in [-0.3, -0.25) is 9.67 Å². The first-order chi connectivity index (χ1) is 12.9. The first-order valence-corrected chi connectivity index (χ1v) is 9.92. The summed E-state index contributed by atoms with van der Waals surface area (Å²) < 4.78 is 1.89. The number of aryl methyl sites for hydroxylation is 1. The number of nitrogens with one attached hydrogen (secondary N) is 1. The van der Waals surface area contributed by atoms with Gasteiger partial charge in [0, 0.05) is 39.9 Å². The van der Waals surface area contributed by atoms with Gasteiger partial charge in [-0.1, -0.05) is 44.2 Å². The number of aromatic nitrogens is 2. The molecule has 2 aromatic rings. The van der Waals surface area contributed by atoms with Gasteiger partial charge in [-0.25, -0.2) is 0 Å². The van der Waals surface area contributed by atoms with Crippen molar-refractivity contribution in [3.63, 3.8) is 0 Å². The third-order valence-electron chi connectivity index (χ3n) is 5.33. The molecule has 0 spiro atoms. The van der Waals surface area contributed by atoms with Crippen molar-refractivity contribution in [1.82, 2.24) is 20.0 Å². The quantitative estimate of drug-likeness (QED) is 0.377. The van der Waals surface area contributed by atoms with Crippen LogP contribution in [0.3, 0.4) is 0 Å². The molecule has 0 saturated carbocycles. The summed E-state index contributed by atoms with van der Waals surface area (Å²) in [5.74, 6) is 1.70. The third-order valence-corrected chi connectivity index (χ3v) is 5.33. The number of likely N-dealkylation sites (tertiary alicyclic amines) is 1. The van der Waals surface area contributed by atoms with Crippen LogP contribution in [0.1, 0.15) is 31.4 Å². The average molecular weight is 495 g/mol. The van der Waals surface area contributed by atoms with Crippen molar-refractivity contribution in [2.45, 2.75) is 33.1 Å². The molecule has 5 nitrogen and oxygen atoms in total. The van der Waals surface area contributed by atoms with E-state index in [2.05, 4.69) is 70.7 Å². The predicted molar refractivity (Wildman–Crippen MR) is 127 cm³/mol. The minimum atomic E-state index is 0. The zero-order valence-electron chi connectivity index (χ0n) is 17.6. The van der Waals surface area contributed by atoms with Crippen LogP contribution >= 0.6 is 24.0 Å². The van der Waals surface area contributed by atoms with Gasteiger partial charge < -0.3 is 10.2 Å². The molecule has 1 fully saturated rings. The molecular formula is C22H34IN5. The number of halogens is 1. The van der Waals surface area contributed by atoms with Gasteiger partial charge in [0.25, 0.3) is 0 Å². The first-order valence-electron chi connectivity index (χ1n) is 9.92. The molecule has 1 saturated heterocycles. The second kappa shape index (κ2) is 10.3. The molecule has 154 valence electrons. The van der Waals surface area contributed by atoms with Crippen molar-refractivity contribution in [3.8, 4) is 0 Å². The van der Waals surface area contributed by atoms with Crippen molar-refractivity contribution >= 4 is 29.9 Å². The van der Waals surface area contributed by atoms with E-state index in [1.165, 1.54) is 17.5 Å². The highest BCUT2D eigenvalue weighted by Gasteiger charge is 2.27. The van der Waals surface area contributed by atoms with Crippen LogP contribution in [-0.2, 0) is 19.9 Å². The molecule has 0 aliphatic carbocycles. The average Bonchev–Trinajstić information content (AvgIpc) is 3.25. The molecule has 1 aromatic carbocycles.